The van der Waals surface area contributed by atoms with Gasteiger partial charge in [0.1, 0.15) is 0 Å². The zero-order valence-corrected chi connectivity index (χ0v) is 37.2. The Bertz CT molecular complexity index is 2680. The molecule has 0 spiro atoms. The van der Waals surface area contributed by atoms with E-state index in [1.807, 2.05) is 64.5 Å². The van der Waals surface area contributed by atoms with E-state index in [-0.39, 0.29) is 0 Å². The summed E-state index contributed by atoms with van der Waals surface area (Å²) in [4.78, 5) is 7.25. The number of fused-ring (bicyclic) bond motifs is 10. The molecule has 4 nitrogen and oxygen atoms in total. The maximum Gasteiger partial charge on any atom is 0.213 e. The molecular formula is C42H31Br2I3N2O2. The number of aromatic amines is 1. The first kappa shape index (κ1) is 37.9. The van der Waals surface area contributed by atoms with Crippen LogP contribution in [0.4, 0.5) is 0 Å². The van der Waals surface area contributed by atoms with Crippen molar-refractivity contribution in [3.05, 3.63) is 158 Å². The highest BCUT2D eigenvalue weighted by molar-refractivity contribution is 14.1. The second kappa shape index (κ2) is 17.8. The van der Waals surface area contributed by atoms with E-state index < -0.39 is 0 Å². The lowest BCUT2D eigenvalue weighted by Gasteiger charge is -2.05. The Hall–Kier alpha value is -2.85. The summed E-state index contributed by atoms with van der Waals surface area (Å²) in [6, 6.07) is 49.5. The molecule has 0 atom stereocenters. The zero-order valence-electron chi connectivity index (χ0n) is 27.5. The first-order valence-corrected chi connectivity index (χ1v) is 22.8. The summed E-state index contributed by atoms with van der Waals surface area (Å²) in [5, 5.41) is 7.03. The predicted molar refractivity (Wildman–Crippen MR) is 251 cm³/mol. The third kappa shape index (κ3) is 7.78. The second-order valence-corrected chi connectivity index (χ2v) is 13.9. The van der Waals surface area contributed by atoms with Gasteiger partial charge < -0.3 is 13.8 Å². The van der Waals surface area contributed by atoms with Crippen molar-refractivity contribution in [3.8, 4) is 5.69 Å². The lowest BCUT2D eigenvalue weighted by atomic mass is 10.1. The van der Waals surface area contributed by atoms with E-state index in [1.165, 1.54) is 19.7 Å². The molecular weight excluding hydrogens is 1100 g/mol. The van der Waals surface area contributed by atoms with Gasteiger partial charge in [-0.2, -0.15) is 0 Å². The van der Waals surface area contributed by atoms with Gasteiger partial charge in [-0.05, 0) is 113 Å². The molecule has 10 aromatic rings. The number of halogens is 5. The molecule has 0 aliphatic rings. The predicted octanol–water partition coefficient (Wildman–Crippen LogP) is 15.5. The summed E-state index contributed by atoms with van der Waals surface area (Å²) in [5.41, 5.74) is 6.91. The van der Waals surface area contributed by atoms with Gasteiger partial charge in [0.15, 0.2) is 11.2 Å². The minimum Gasteiger partial charge on any atom is -0.439 e. The van der Waals surface area contributed by atoms with E-state index in [0.29, 0.717) is 0 Å². The first-order chi connectivity index (χ1) is 25.1. The Morgan fingerprint density at radius 2 is 1.02 bits per heavy atom. The highest BCUT2D eigenvalue weighted by atomic mass is 127. The highest BCUT2D eigenvalue weighted by Crippen LogP contribution is 2.41. The summed E-state index contributed by atoms with van der Waals surface area (Å²) < 4.78 is 17.6. The molecule has 0 radical (unpaired) electrons. The molecule has 0 unspecified atom stereocenters. The Labute approximate surface area is 353 Å². The second-order valence-electron chi connectivity index (χ2n) is 11.0. The number of hydrogen-bond donors (Lipinski definition) is 1. The average Bonchev–Trinajstić information content (AvgIpc) is 3.93. The third-order valence-corrected chi connectivity index (χ3v) is 10.1. The minimum absolute atomic E-state index is 0.841. The van der Waals surface area contributed by atoms with Gasteiger partial charge in [-0.3, -0.25) is 4.57 Å². The monoisotopic (exact) mass is 1130 g/mol. The summed E-state index contributed by atoms with van der Waals surface area (Å²) in [6.07, 6.45) is 0. The van der Waals surface area contributed by atoms with Crippen molar-refractivity contribution < 1.29 is 8.83 Å². The van der Waals surface area contributed by atoms with Crippen LogP contribution in [0.1, 0.15) is 0 Å². The molecule has 10 rings (SSSR count). The van der Waals surface area contributed by atoms with Gasteiger partial charge >= 0.3 is 0 Å². The van der Waals surface area contributed by atoms with Crippen molar-refractivity contribution in [2.45, 2.75) is 0 Å². The number of rotatable bonds is 1. The molecule has 0 saturated carbocycles. The summed E-state index contributed by atoms with van der Waals surface area (Å²) in [7, 11) is 0. The van der Waals surface area contributed by atoms with Gasteiger partial charge in [-0.1, -0.05) is 142 Å². The van der Waals surface area contributed by atoms with Crippen molar-refractivity contribution in [2.75, 3.05) is 9.86 Å². The van der Waals surface area contributed by atoms with E-state index in [2.05, 4.69) is 200 Å². The number of nitrogens with zero attached hydrogens (tertiary/aromatic N) is 1. The Balaban J connectivity index is 0.000000140. The number of aromatic nitrogens is 2. The van der Waals surface area contributed by atoms with E-state index >= 15 is 0 Å². The van der Waals surface area contributed by atoms with E-state index in [1.54, 1.807) is 0 Å². The molecule has 1 N–H and O–H groups in total. The number of benzene rings is 6. The van der Waals surface area contributed by atoms with Crippen LogP contribution in [-0.4, -0.2) is 19.4 Å². The van der Waals surface area contributed by atoms with Gasteiger partial charge in [-0.25, -0.2) is 0 Å². The fourth-order valence-electron chi connectivity index (χ4n) is 6.10. The van der Waals surface area contributed by atoms with Crippen LogP contribution < -0.4 is 0 Å². The van der Waals surface area contributed by atoms with Gasteiger partial charge in [-0.15, -0.1) is 0 Å². The van der Waals surface area contributed by atoms with Crippen molar-refractivity contribution in [3.63, 3.8) is 0 Å². The Kier molecular flexibility index (Phi) is 13.2. The van der Waals surface area contributed by atoms with Crippen molar-refractivity contribution >= 4 is 166 Å². The molecule has 51 heavy (non-hydrogen) atoms. The number of H-pyrrole nitrogens is 1. The standard InChI is InChI=1S/C20H12BrNO.C14H8BrNO.C6H5I.2CH3I/c21-16-11-6-10-15-18-14-9-4-5-12-17(14)22(20(18)23-19(15)16)13-7-2-1-3-8-13;15-10-6-3-5-9-12-8-4-1-2-7-11(8)16-14(12)17-13(9)10;7-6-4-2-1-3-5-6;2*1-2/h1-12H;1-7,16H;1-5H;2*1H3. The molecule has 0 saturated heterocycles. The van der Waals surface area contributed by atoms with Gasteiger partial charge in [0.05, 0.1) is 25.2 Å². The quantitative estimate of drug-likeness (QED) is 0.132. The number of hydrogen-bond acceptors (Lipinski definition) is 2. The summed E-state index contributed by atoms with van der Waals surface area (Å²) in [5.74, 6) is 0. The molecule has 0 aliphatic carbocycles. The summed E-state index contributed by atoms with van der Waals surface area (Å²) >= 11 is 13.7. The normalized spacial score (nSPS) is 10.6. The molecule has 4 heterocycles. The largest absolute Gasteiger partial charge is 0.439 e. The topological polar surface area (TPSA) is 47.0 Å². The molecule has 0 bridgehead atoms. The van der Waals surface area contributed by atoms with Crippen molar-refractivity contribution in [1.82, 2.24) is 9.55 Å². The number of nitrogens with one attached hydrogen (secondary N) is 1. The third-order valence-electron chi connectivity index (χ3n) is 8.13. The van der Waals surface area contributed by atoms with Gasteiger partial charge in [0.2, 0.25) is 11.4 Å². The van der Waals surface area contributed by atoms with Gasteiger partial charge in [0, 0.05) is 36.3 Å². The van der Waals surface area contributed by atoms with Crippen LogP contribution in [0.25, 0.3) is 71.6 Å². The zero-order chi connectivity index (χ0) is 35.9. The fraction of sp³-hybridized carbons (Fsp3) is 0.0476. The summed E-state index contributed by atoms with van der Waals surface area (Å²) in [6.45, 7) is 0. The number of alkyl halides is 2. The number of furan rings is 2. The average molecular weight is 1140 g/mol. The van der Waals surface area contributed by atoms with Crippen molar-refractivity contribution in [2.24, 2.45) is 0 Å². The van der Waals surface area contributed by atoms with Crippen LogP contribution in [0.5, 0.6) is 0 Å². The molecule has 0 aliphatic heterocycles. The van der Waals surface area contributed by atoms with E-state index in [0.717, 1.165) is 64.4 Å². The van der Waals surface area contributed by atoms with Crippen LogP contribution in [0, 0.1) is 3.57 Å². The van der Waals surface area contributed by atoms with Crippen LogP contribution in [0.3, 0.4) is 0 Å². The molecule has 0 fully saturated rings. The SMILES string of the molecule is Brc1cccc2c1oc1[nH]c3ccccc3c12.Brc1cccc2c1oc1c2c2ccccc2n1-c1ccccc1.CI.CI.Ic1ccccc1. The molecule has 0 amide bonds. The number of para-hydroxylation sites is 5. The highest BCUT2D eigenvalue weighted by Gasteiger charge is 2.19. The van der Waals surface area contributed by atoms with Crippen LogP contribution in [-0.2, 0) is 0 Å². The van der Waals surface area contributed by atoms with Crippen LogP contribution >= 0.6 is 99.6 Å². The fourth-order valence-corrected chi connectivity index (χ4v) is 7.41. The van der Waals surface area contributed by atoms with E-state index in [9.17, 15) is 0 Å². The molecule has 6 aromatic carbocycles. The lowest BCUT2D eigenvalue weighted by Crippen LogP contribution is -1.91. The maximum atomic E-state index is 6.27. The van der Waals surface area contributed by atoms with Crippen LogP contribution in [0.15, 0.2) is 163 Å². The molecule has 9 heteroatoms. The van der Waals surface area contributed by atoms with Gasteiger partial charge in [0.25, 0.3) is 0 Å². The lowest BCUT2D eigenvalue weighted by molar-refractivity contribution is 0.643. The Morgan fingerprint density at radius 1 is 0.510 bits per heavy atom. The smallest absolute Gasteiger partial charge is 0.213 e. The molecule has 256 valence electrons. The van der Waals surface area contributed by atoms with Crippen LogP contribution in [0.2, 0.25) is 0 Å². The first-order valence-electron chi connectivity index (χ1n) is 15.8. The maximum absolute atomic E-state index is 6.27. The Morgan fingerprint density at radius 3 is 1.65 bits per heavy atom. The molecule has 4 aromatic heterocycles. The van der Waals surface area contributed by atoms with E-state index in [4.69, 9.17) is 8.83 Å². The van der Waals surface area contributed by atoms with Crippen molar-refractivity contribution in [1.29, 1.82) is 0 Å². The minimum atomic E-state index is 0.841.